The van der Waals surface area contributed by atoms with Gasteiger partial charge in [-0.1, -0.05) is 6.07 Å². The van der Waals surface area contributed by atoms with Crippen molar-refractivity contribution in [2.75, 3.05) is 13.2 Å². The summed E-state index contributed by atoms with van der Waals surface area (Å²) in [6.45, 7) is 3.08. The molecule has 1 aliphatic heterocycles. The Morgan fingerprint density at radius 3 is 2.60 bits per heavy atom. The van der Waals surface area contributed by atoms with Crippen LogP contribution < -0.4 is 20.5 Å². The SMILES string of the molecule is CC(NC(=O)C1(N)CC1)c1ccc2c(c1)OCCO2.Cl. The summed E-state index contributed by atoms with van der Waals surface area (Å²) in [6.07, 6.45) is 1.54. The molecule has 1 saturated carbocycles. The van der Waals surface area contributed by atoms with Crippen molar-refractivity contribution in [2.24, 2.45) is 5.73 Å². The number of ether oxygens (including phenoxy) is 2. The van der Waals surface area contributed by atoms with E-state index < -0.39 is 5.54 Å². The van der Waals surface area contributed by atoms with Crippen molar-refractivity contribution in [2.45, 2.75) is 31.3 Å². The minimum Gasteiger partial charge on any atom is -0.486 e. The van der Waals surface area contributed by atoms with Crippen LogP contribution in [0.4, 0.5) is 0 Å². The van der Waals surface area contributed by atoms with Gasteiger partial charge in [-0.2, -0.15) is 0 Å². The van der Waals surface area contributed by atoms with E-state index in [0.717, 1.165) is 29.9 Å². The van der Waals surface area contributed by atoms with Crippen LogP contribution in [-0.2, 0) is 4.79 Å². The number of halogens is 1. The zero-order chi connectivity index (χ0) is 13.5. The molecule has 1 aromatic rings. The molecule has 1 amide bonds. The third-order valence-electron chi connectivity index (χ3n) is 3.65. The van der Waals surface area contributed by atoms with E-state index in [1.807, 2.05) is 25.1 Å². The highest BCUT2D eigenvalue weighted by atomic mass is 35.5. The smallest absolute Gasteiger partial charge is 0.240 e. The predicted molar refractivity (Wildman–Crippen MR) is 77.4 cm³/mol. The number of nitrogens with one attached hydrogen (secondary N) is 1. The first-order valence-electron chi connectivity index (χ1n) is 6.58. The molecule has 1 atom stereocenters. The van der Waals surface area contributed by atoms with Gasteiger partial charge in [0, 0.05) is 0 Å². The molecule has 20 heavy (non-hydrogen) atoms. The number of fused-ring (bicyclic) bond motifs is 1. The van der Waals surface area contributed by atoms with Crippen molar-refractivity contribution in [3.05, 3.63) is 23.8 Å². The van der Waals surface area contributed by atoms with Crippen LogP contribution in [0, 0.1) is 0 Å². The lowest BCUT2D eigenvalue weighted by molar-refractivity contribution is -0.123. The maximum atomic E-state index is 11.9. The highest BCUT2D eigenvalue weighted by Gasteiger charge is 2.46. The fourth-order valence-corrected chi connectivity index (χ4v) is 2.11. The Morgan fingerprint density at radius 1 is 1.30 bits per heavy atom. The second-order valence-corrected chi connectivity index (χ2v) is 5.25. The molecule has 3 rings (SSSR count). The first-order chi connectivity index (χ1) is 9.08. The quantitative estimate of drug-likeness (QED) is 0.888. The van der Waals surface area contributed by atoms with Gasteiger partial charge in [0.25, 0.3) is 0 Å². The monoisotopic (exact) mass is 298 g/mol. The minimum atomic E-state index is -0.637. The predicted octanol–water partition coefficient (Wildman–Crippen LogP) is 1.55. The molecule has 6 heteroatoms. The molecular formula is C14H19ClN2O3. The molecule has 0 radical (unpaired) electrons. The van der Waals surface area contributed by atoms with Crippen molar-refractivity contribution >= 4 is 18.3 Å². The van der Waals surface area contributed by atoms with Gasteiger partial charge < -0.3 is 20.5 Å². The Labute approximate surface area is 124 Å². The molecule has 1 aromatic carbocycles. The Morgan fingerprint density at radius 2 is 1.95 bits per heavy atom. The average molecular weight is 299 g/mol. The molecule has 110 valence electrons. The van der Waals surface area contributed by atoms with Gasteiger partial charge in [0.1, 0.15) is 13.2 Å². The summed E-state index contributed by atoms with van der Waals surface area (Å²) in [5.74, 6) is 1.42. The number of carbonyl (C=O) groups excluding carboxylic acids is 1. The average Bonchev–Trinajstić information content (AvgIpc) is 3.17. The first kappa shape index (κ1) is 14.9. The van der Waals surface area contributed by atoms with Crippen LogP contribution in [0.5, 0.6) is 11.5 Å². The molecule has 5 nitrogen and oxygen atoms in total. The summed E-state index contributed by atoms with van der Waals surface area (Å²) in [6, 6.07) is 5.63. The summed E-state index contributed by atoms with van der Waals surface area (Å²) >= 11 is 0. The second kappa shape index (κ2) is 5.50. The van der Waals surface area contributed by atoms with E-state index in [2.05, 4.69) is 5.32 Å². The largest absolute Gasteiger partial charge is 0.486 e. The van der Waals surface area contributed by atoms with Crippen molar-refractivity contribution in [1.82, 2.24) is 5.32 Å². The zero-order valence-electron chi connectivity index (χ0n) is 11.3. The molecule has 1 unspecified atom stereocenters. The lowest BCUT2D eigenvalue weighted by atomic mass is 10.1. The Kier molecular flexibility index (Phi) is 4.11. The molecule has 0 aromatic heterocycles. The van der Waals surface area contributed by atoms with Crippen molar-refractivity contribution in [3.8, 4) is 11.5 Å². The summed E-state index contributed by atoms with van der Waals surface area (Å²) in [7, 11) is 0. The molecule has 0 spiro atoms. The van der Waals surface area contributed by atoms with Crippen molar-refractivity contribution in [1.29, 1.82) is 0 Å². The van der Waals surface area contributed by atoms with Crippen LogP contribution in [-0.4, -0.2) is 24.7 Å². The van der Waals surface area contributed by atoms with Crippen LogP contribution in [0.3, 0.4) is 0 Å². The molecule has 1 fully saturated rings. The first-order valence-corrected chi connectivity index (χ1v) is 6.58. The summed E-state index contributed by atoms with van der Waals surface area (Å²) in [4.78, 5) is 11.9. The Bertz CT molecular complexity index is 517. The number of hydrogen-bond acceptors (Lipinski definition) is 4. The third-order valence-corrected chi connectivity index (χ3v) is 3.65. The van der Waals surface area contributed by atoms with E-state index in [9.17, 15) is 4.79 Å². The molecule has 0 bridgehead atoms. The van der Waals surface area contributed by atoms with E-state index in [-0.39, 0.29) is 24.4 Å². The molecular weight excluding hydrogens is 280 g/mol. The van der Waals surface area contributed by atoms with E-state index in [1.165, 1.54) is 0 Å². The number of hydrogen-bond donors (Lipinski definition) is 2. The highest BCUT2D eigenvalue weighted by molar-refractivity contribution is 5.89. The number of benzene rings is 1. The number of carbonyl (C=O) groups is 1. The number of amides is 1. The maximum Gasteiger partial charge on any atom is 0.240 e. The Hall–Kier alpha value is -1.46. The van der Waals surface area contributed by atoms with Crippen LogP contribution in [0.2, 0.25) is 0 Å². The molecule has 0 saturated heterocycles. The normalized spacial score (nSPS) is 19.5. The standard InChI is InChI=1S/C14H18N2O3.ClH/c1-9(16-13(17)14(15)4-5-14)10-2-3-11-12(8-10)19-7-6-18-11;/h2-3,8-9H,4-7,15H2,1H3,(H,16,17);1H. The fraction of sp³-hybridized carbons (Fsp3) is 0.500. The van der Waals surface area contributed by atoms with Crippen LogP contribution in [0.1, 0.15) is 31.4 Å². The van der Waals surface area contributed by atoms with Gasteiger partial charge >= 0.3 is 0 Å². The van der Waals surface area contributed by atoms with E-state index in [0.29, 0.717) is 13.2 Å². The third kappa shape index (κ3) is 2.83. The van der Waals surface area contributed by atoms with Crippen LogP contribution in [0.25, 0.3) is 0 Å². The second-order valence-electron chi connectivity index (χ2n) is 5.25. The molecule has 1 heterocycles. The van der Waals surface area contributed by atoms with Gasteiger partial charge in [0.05, 0.1) is 11.6 Å². The molecule has 1 aliphatic carbocycles. The Balaban J connectivity index is 0.00000147. The lowest BCUT2D eigenvalue weighted by Crippen LogP contribution is -2.43. The van der Waals surface area contributed by atoms with Gasteiger partial charge in [0.2, 0.25) is 5.91 Å². The van der Waals surface area contributed by atoms with Crippen LogP contribution >= 0.6 is 12.4 Å². The molecule has 3 N–H and O–H groups in total. The van der Waals surface area contributed by atoms with Gasteiger partial charge in [-0.05, 0) is 37.5 Å². The van der Waals surface area contributed by atoms with Crippen LogP contribution in [0.15, 0.2) is 18.2 Å². The van der Waals surface area contributed by atoms with Gasteiger partial charge in [-0.25, -0.2) is 0 Å². The van der Waals surface area contributed by atoms with E-state index >= 15 is 0 Å². The summed E-state index contributed by atoms with van der Waals surface area (Å²) in [5.41, 5.74) is 6.22. The lowest BCUT2D eigenvalue weighted by Gasteiger charge is -2.21. The van der Waals surface area contributed by atoms with Gasteiger partial charge in [-0.3, -0.25) is 4.79 Å². The van der Waals surface area contributed by atoms with Crippen molar-refractivity contribution < 1.29 is 14.3 Å². The van der Waals surface area contributed by atoms with Gasteiger partial charge in [-0.15, -0.1) is 12.4 Å². The number of rotatable bonds is 3. The topological polar surface area (TPSA) is 73.6 Å². The zero-order valence-corrected chi connectivity index (χ0v) is 12.2. The highest BCUT2D eigenvalue weighted by Crippen LogP contribution is 2.35. The maximum absolute atomic E-state index is 11.9. The summed E-state index contributed by atoms with van der Waals surface area (Å²) < 4.78 is 11.0. The number of nitrogens with two attached hydrogens (primary N) is 1. The summed E-state index contributed by atoms with van der Waals surface area (Å²) in [5, 5.41) is 2.95. The van der Waals surface area contributed by atoms with E-state index in [4.69, 9.17) is 15.2 Å². The fourth-order valence-electron chi connectivity index (χ4n) is 2.11. The van der Waals surface area contributed by atoms with Crippen molar-refractivity contribution in [3.63, 3.8) is 0 Å². The van der Waals surface area contributed by atoms with Gasteiger partial charge in [0.15, 0.2) is 11.5 Å². The molecule has 2 aliphatic rings. The van der Waals surface area contributed by atoms with E-state index in [1.54, 1.807) is 0 Å². The minimum absolute atomic E-state index is 0.